The van der Waals surface area contributed by atoms with E-state index >= 15 is 0 Å². The highest BCUT2D eigenvalue weighted by Gasteiger charge is 2.21. The predicted octanol–water partition coefficient (Wildman–Crippen LogP) is 4.13. The van der Waals surface area contributed by atoms with E-state index in [2.05, 4.69) is 21.0 Å². The Balaban J connectivity index is 1.98. The molecule has 0 N–H and O–H groups in total. The number of halogens is 1. The number of nitro benzene ring substituents is 1. The molecular weight excluding hydrogens is 362 g/mol. The summed E-state index contributed by atoms with van der Waals surface area (Å²) in [7, 11) is 0. The smallest absolute Gasteiger partial charge is 0.258 e. The van der Waals surface area contributed by atoms with Gasteiger partial charge in [0.05, 0.1) is 22.4 Å². The first-order valence-electron chi connectivity index (χ1n) is 7.09. The van der Waals surface area contributed by atoms with Crippen molar-refractivity contribution in [1.29, 1.82) is 5.26 Å². The Morgan fingerprint density at radius 3 is 2.80 bits per heavy atom. The predicted molar refractivity (Wildman–Crippen MR) is 93.4 cm³/mol. The molecule has 2 aromatic heterocycles. The number of aromatic nitrogens is 3. The van der Waals surface area contributed by atoms with Crippen molar-refractivity contribution < 1.29 is 4.92 Å². The van der Waals surface area contributed by atoms with E-state index in [0.29, 0.717) is 27.7 Å². The maximum atomic E-state index is 10.9. The molecule has 124 valence electrons. The molecule has 0 saturated heterocycles. The van der Waals surface area contributed by atoms with Gasteiger partial charge in [0.15, 0.2) is 0 Å². The van der Waals surface area contributed by atoms with Crippen molar-refractivity contribution in [3.8, 4) is 17.3 Å². The van der Waals surface area contributed by atoms with Crippen molar-refractivity contribution in [2.24, 2.45) is 0 Å². The van der Waals surface area contributed by atoms with Gasteiger partial charge in [-0.2, -0.15) is 5.26 Å². The van der Waals surface area contributed by atoms with Gasteiger partial charge < -0.3 is 0 Å². The minimum absolute atomic E-state index is 0.0120. The Labute approximate surface area is 151 Å². The lowest BCUT2D eigenvalue weighted by molar-refractivity contribution is -0.384. The molecule has 1 atom stereocenters. The number of aryl methyl sites for hydroxylation is 1. The van der Waals surface area contributed by atoms with Crippen LogP contribution in [0.4, 0.5) is 5.69 Å². The third-order valence-corrected chi connectivity index (χ3v) is 4.47. The molecule has 3 aromatic rings. The molecule has 1 aromatic carbocycles. The monoisotopic (exact) mass is 371 g/mol. The summed E-state index contributed by atoms with van der Waals surface area (Å²) in [6.07, 6.45) is 0. The Hall–Kier alpha value is -2.89. The number of hydrogen-bond donors (Lipinski definition) is 0. The fraction of sp³-hybridized carbons (Fsp3) is 0.125. The zero-order valence-electron chi connectivity index (χ0n) is 12.9. The molecule has 3 rings (SSSR count). The minimum atomic E-state index is -0.684. The van der Waals surface area contributed by atoms with Gasteiger partial charge in [-0.25, -0.2) is 15.0 Å². The quantitative estimate of drug-likeness (QED) is 0.388. The fourth-order valence-corrected chi connectivity index (χ4v) is 3.40. The van der Waals surface area contributed by atoms with Crippen LogP contribution in [0, 0.1) is 28.4 Å². The standard InChI is InChI=1S/C16H10ClN5O2S/c1-9-5-13(21-16(17)19-9)12(7-18)15-20-14(8-25-15)10-3-2-4-11(6-10)22(23)24/h2-6,8,12H,1H3. The Morgan fingerprint density at radius 2 is 2.12 bits per heavy atom. The summed E-state index contributed by atoms with van der Waals surface area (Å²) in [5.41, 5.74) is 2.30. The van der Waals surface area contributed by atoms with E-state index in [0.717, 1.165) is 0 Å². The zero-order valence-corrected chi connectivity index (χ0v) is 14.5. The molecule has 0 bridgehead atoms. The zero-order chi connectivity index (χ0) is 18.0. The second-order valence-corrected chi connectivity index (χ2v) is 6.37. The highest BCUT2D eigenvalue weighted by Crippen LogP contribution is 2.31. The molecule has 0 saturated carbocycles. The third kappa shape index (κ3) is 3.63. The summed E-state index contributed by atoms with van der Waals surface area (Å²) in [5, 5.41) is 22.8. The van der Waals surface area contributed by atoms with Gasteiger partial charge in [0, 0.05) is 28.8 Å². The van der Waals surface area contributed by atoms with Gasteiger partial charge >= 0.3 is 0 Å². The van der Waals surface area contributed by atoms with E-state index in [-0.39, 0.29) is 11.0 Å². The summed E-state index contributed by atoms with van der Waals surface area (Å²) >= 11 is 7.17. The molecule has 7 nitrogen and oxygen atoms in total. The average molecular weight is 372 g/mol. The largest absolute Gasteiger partial charge is 0.270 e. The van der Waals surface area contributed by atoms with Crippen LogP contribution in [-0.4, -0.2) is 19.9 Å². The lowest BCUT2D eigenvalue weighted by Crippen LogP contribution is -2.03. The molecule has 0 aliphatic carbocycles. The molecule has 0 fully saturated rings. The van der Waals surface area contributed by atoms with Crippen LogP contribution in [0.1, 0.15) is 22.3 Å². The van der Waals surface area contributed by atoms with Crippen molar-refractivity contribution in [3.05, 3.63) is 67.5 Å². The molecule has 9 heteroatoms. The Bertz CT molecular complexity index is 978. The summed E-state index contributed by atoms with van der Waals surface area (Å²) < 4.78 is 0. The summed E-state index contributed by atoms with van der Waals surface area (Å²) in [5.74, 6) is -0.684. The van der Waals surface area contributed by atoms with E-state index in [1.165, 1.54) is 23.5 Å². The minimum Gasteiger partial charge on any atom is -0.258 e. The molecule has 25 heavy (non-hydrogen) atoms. The van der Waals surface area contributed by atoms with Crippen LogP contribution in [0.25, 0.3) is 11.3 Å². The van der Waals surface area contributed by atoms with Crippen molar-refractivity contribution >= 4 is 28.6 Å². The normalized spacial score (nSPS) is 11.7. The number of nitro groups is 1. The summed E-state index contributed by atoms with van der Waals surface area (Å²) in [6, 6.07) is 10.1. The summed E-state index contributed by atoms with van der Waals surface area (Å²) in [6.45, 7) is 1.77. The number of nitriles is 1. The van der Waals surface area contributed by atoms with Crippen molar-refractivity contribution in [3.63, 3.8) is 0 Å². The lowest BCUT2D eigenvalue weighted by atomic mass is 10.1. The van der Waals surface area contributed by atoms with Crippen LogP contribution in [0.3, 0.4) is 0 Å². The SMILES string of the molecule is Cc1cc(C(C#N)c2nc(-c3cccc([N+](=O)[O-])c3)cs2)nc(Cl)n1. The van der Waals surface area contributed by atoms with Gasteiger partial charge in [0.1, 0.15) is 10.9 Å². The molecule has 0 aliphatic rings. The maximum Gasteiger partial charge on any atom is 0.270 e. The van der Waals surface area contributed by atoms with Crippen LogP contribution < -0.4 is 0 Å². The summed E-state index contributed by atoms with van der Waals surface area (Å²) in [4.78, 5) is 23.0. The number of rotatable bonds is 4. The molecule has 0 amide bonds. The third-order valence-electron chi connectivity index (χ3n) is 3.39. The molecule has 1 unspecified atom stereocenters. The average Bonchev–Trinajstić information content (AvgIpc) is 3.04. The van der Waals surface area contributed by atoms with E-state index < -0.39 is 10.8 Å². The van der Waals surface area contributed by atoms with Crippen molar-refractivity contribution in [2.75, 3.05) is 0 Å². The second-order valence-electron chi connectivity index (χ2n) is 5.14. The first-order valence-corrected chi connectivity index (χ1v) is 8.34. The number of nitrogens with zero attached hydrogens (tertiary/aromatic N) is 5. The van der Waals surface area contributed by atoms with Crippen LogP contribution in [-0.2, 0) is 0 Å². The number of hydrogen-bond acceptors (Lipinski definition) is 7. The molecule has 0 spiro atoms. The van der Waals surface area contributed by atoms with Gasteiger partial charge in [-0.05, 0) is 24.6 Å². The van der Waals surface area contributed by atoms with Crippen molar-refractivity contribution in [2.45, 2.75) is 12.8 Å². The van der Waals surface area contributed by atoms with E-state index in [4.69, 9.17) is 11.6 Å². The van der Waals surface area contributed by atoms with Crippen LogP contribution >= 0.6 is 22.9 Å². The lowest BCUT2D eigenvalue weighted by Gasteiger charge is -2.06. The van der Waals surface area contributed by atoms with Gasteiger partial charge in [-0.1, -0.05) is 12.1 Å². The topological polar surface area (TPSA) is 106 Å². The van der Waals surface area contributed by atoms with Gasteiger partial charge in [0.2, 0.25) is 5.28 Å². The maximum absolute atomic E-state index is 10.9. The van der Waals surface area contributed by atoms with Gasteiger partial charge in [0.25, 0.3) is 5.69 Å². The first-order chi connectivity index (χ1) is 12.0. The van der Waals surface area contributed by atoms with E-state index in [1.54, 1.807) is 30.5 Å². The van der Waals surface area contributed by atoms with Gasteiger partial charge in [-0.15, -0.1) is 11.3 Å². The Morgan fingerprint density at radius 1 is 1.32 bits per heavy atom. The fourth-order valence-electron chi connectivity index (χ4n) is 2.28. The molecular formula is C16H10ClN5O2S. The van der Waals surface area contributed by atoms with Crippen molar-refractivity contribution in [1.82, 2.24) is 15.0 Å². The highest BCUT2D eigenvalue weighted by atomic mass is 35.5. The van der Waals surface area contributed by atoms with E-state index in [1.807, 2.05) is 0 Å². The second kappa shape index (κ2) is 6.93. The Kier molecular flexibility index (Phi) is 4.70. The van der Waals surface area contributed by atoms with Crippen LogP contribution in [0.2, 0.25) is 5.28 Å². The first kappa shape index (κ1) is 17.0. The number of benzene rings is 1. The van der Waals surface area contributed by atoms with Crippen LogP contribution in [0.15, 0.2) is 35.7 Å². The molecule has 0 aliphatic heterocycles. The number of thiazole rings is 1. The van der Waals surface area contributed by atoms with Crippen LogP contribution in [0.5, 0.6) is 0 Å². The van der Waals surface area contributed by atoms with Gasteiger partial charge in [-0.3, -0.25) is 10.1 Å². The molecule has 0 radical (unpaired) electrons. The number of non-ortho nitro benzene ring substituents is 1. The molecule has 2 heterocycles. The highest BCUT2D eigenvalue weighted by molar-refractivity contribution is 7.10. The van der Waals surface area contributed by atoms with E-state index in [9.17, 15) is 15.4 Å².